The van der Waals surface area contributed by atoms with Crippen LogP contribution in [0.25, 0.3) is 0 Å². The van der Waals surface area contributed by atoms with Gasteiger partial charge in [0.1, 0.15) is 0 Å². The lowest BCUT2D eigenvalue weighted by atomic mass is 9.87. The molecule has 1 aliphatic heterocycles. The number of nitrogens with two attached hydrogens (primary N) is 1. The van der Waals surface area contributed by atoms with Gasteiger partial charge in [0.05, 0.1) is 0 Å². The van der Waals surface area contributed by atoms with Crippen LogP contribution in [0, 0.1) is 5.92 Å². The second kappa shape index (κ2) is 5.67. The first kappa shape index (κ1) is 11.9. The van der Waals surface area contributed by atoms with E-state index in [2.05, 4.69) is 4.90 Å². The summed E-state index contributed by atoms with van der Waals surface area (Å²) in [6.45, 7) is 1.58. The monoisotopic (exact) mass is 224 g/mol. The van der Waals surface area contributed by atoms with Crippen molar-refractivity contribution < 1.29 is 4.79 Å². The summed E-state index contributed by atoms with van der Waals surface area (Å²) in [5.74, 6) is 0.704. The number of likely N-dealkylation sites (tertiary alicyclic amines) is 1. The molecule has 3 heteroatoms. The Morgan fingerprint density at radius 1 is 1.06 bits per heavy atom. The standard InChI is InChI=1S/C13H24N2O/c14-10-12-8-4-5-9-15(12)13(16)11-6-2-1-3-7-11/h11-12H,1-10,14H2. The second-order valence-corrected chi connectivity index (χ2v) is 5.25. The van der Waals surface area contributed by atoms with Crippen molar-refractivity contribution in [3.63, 3.8) is 0 Å². The molecule has 0 spiro atoms. The van der Waals surface area contributed by atoms with E-state index in [0.29, 0.717) is 24.4 Å². The van der Waals surface area contributed by atoms with Crippen molar-refractivity contribution in [2.24, 2.45) is 11.7 Å². The molecule has 92 valence electrons. The zero-order chi connectivity index (χ0) is 11.4. The van der Waals surface area contributed by atoms with Gasteiger partial charge in [-0.3, -0.25) is 4.79 Å². The predicted molar refractivity (Wildman–Crippen MR) is 65.0 cm³/mol. The van der Waals surface area contributed by atoms with Crippen LogP contribution >= 0.6 is 0 Å². The van der Waals surface area contributed by atoms with Gasteiger partial charge >= 0.3 is 0 Å². The number of carbonyl (C=O) groups excluding carboxylic acids is 1. The van der Waals surface area contributed by atoms with Crippen LogP contribution in [-0.4, -0.2) is 29.9 Å². The minimum atomic E-state index is 0.306. The average molecular weight is 224 g/mol. The Hall–Kier alpha value is -0.570. The average Bonchev–Trinajstić information content (AvgIpc) is 2.39. The highest BCUT2D eigenvalue weighted by Crippen LogP contribution is 2.28. The molecule has 0 bridgehead atoms. The molecule has 0 radical (unpaired) electrons. The van der Waals surface area contributed by atoms with Gasteiger partial charge in [0.2, 0.25) is 5.91 Å². The Morgan fingerprint density at radius 3 is 2.44 bits per heavy atom. The third-order valence-corrected chi connectivity index (χ3v) is 4.14. The van der Waals surface area contributed by atoms with Crippen LogP contribution in [0.15, 0.2) is 0 Å². The van der Waals surface area contributed by atoms with Crippen molar-refractivity contribution in [3.8, 4) is 0 Å². The second-order valence-electron chi connectivity index (χ2n) is 5.25. The summed E-state index contributed by atoms with van der Waals surface area (Å²) in [7, 11) is 0. The number of hydrogen-bond acceptors (Lipinski definition) is 2. The Morgan fingerprint density at radius 2 is 1.75 bits per heavy atom. The molecule has 16 heavy (non-hydrogen) atoms. The molecular formula is C13H24N2O. The number of hydrogen-bond donors (Lipinski definition) is 1. The molecule has 3 nitrogen and oxygen atoms in total. The summed E-state index contributed by atoms with van der Waals surface area (Å²) >= 11 is 0. The van der Waals surface area contributed by atoms with Gasteiger partial charge in [0.15, 0.2) is 0 Å². The number of amides is 1. The van der Waals surface area contributed by atoms with Gasteiger partial charge in [-0.25, -0.2) is 0 Å². The van der Waals surface area contributed by atoms with E-state index in [4.69, 9.17) is 5.73 Å². The van der Waals surface area contributed by atoms with Crippen LogP contribution in [0.4, 0.5) is 0 Å². The lowest BCUT2D eigenvalue weighted by molar-refractivity contribution is -0.140. The third-order valence-electron chi connectivity index (χ3n) is 4.14. The Labute approximate surface area is 98.4 Å². The van der Waals surface area contributed by atoms with Crippen molar-refractivity contribution in [2.45, 2.75) is 57.4 Å². The smallest absolute Gasteiger partial charge is 0.225 e. The molecule has 0 aromatic heterocycles. The summed E-state index contributed by atoms with van der Waals surface area (Å²) in [5.41, 5.74) is 5.77. The highest BCUT2D eigenvalue weighted by molar-refractivity contribution is 5.79. The van der Waals surface area contributed by atoms with Crippen molar-refractivity contribution >= 4 is 5.91 Å². The molecule has 1 unspecified atom stereocenters. The summed E-state index contributed by atoms with van der Waals surface area (Å²) < 4.78 is 0. The first-order chi connectivity index (χ1) is 7.83. The third kappa shape index (κ3) is 2.57. The molecule has 2 fully saturated rings. The van der Waals surface area contributed by atoms with Crippen molar-refractivity contribution in [3.05, 3.63) is 0 Å². The van der Waals surface area contributed by atoms with Gasteiger partial charge in [-0.2, -0.15) is 0 Å². The van der Waals surface area contributed by atoms with E-state index in [0.717, 1.165) is 32.2 Å². The van der Waals surface area contributed by atoms with Crippen LogP contribution in [-0.2, 0) is 4.79 Å². The number of rotatable bonds is 2. The molecule has 1 heterocycles. The molecule has 1 saturated heterocycles. The molecule has 1 saturated carbocycles. The number of piperidine rings is 1. The van der Waals surface area contributed by atoms with Gasteiger partial charge in [-0.1, -0.05) is 19.3 Å². The first-order valence-electron chi connectivity index (χ1n) is 6.83. The maximum atomic E-state index is 12.4. The molecule has 0 aromatic carbocycles. The predicted octanol–water partition coefficient (Wildman–Crippen LogP) is 1.91. The van der Waals surface area contributed by atoms with E-state index in [9.17, 15) is 4.79 Å². The lowest BCUT2D eigenvalue weighted by Gasteiger charge is -2.38. The highest BCUT2D eigenvalue weighted by Gasteiger charge is 2.31. The molecule has 1 aliphatic carbocycles. The molecular weight excluding hydrogens is 200 g/mol. The Bertz CT molecular complexity index is 236. The maximum absolute atomic E-state index is 12.4. The van der Waals surface area contributed by atoms with E-state index in [1.165, 1.54) is 25.7 Å². The van der Waals surface area contributed by atoms with Gasteiger partial charge in [0, 0.05) is 25.0 Å². The SMILES string of the molecule is NCC1CCCCN1C(=O)C1CCCCC1. The minimum absolute atomic E-state index is 0.306. The number of carbonyl (C=O) groups is 1. The molecule has 2 rings (SSSR count). The largest absolute Gasteiger partial charge is 0.338 e. The molecule has 0 aromatic rings. The molecule has 1 atom stereocenters. The van der Waals surface area contributed by atoms with Gasteiger partial charge in [-0.15, -0.1) is 0 Å². The van der Waals surface area contributed by atoms with E-state index in [-0.39, 0.29) is 0 Å². The lowest BCUT2D eigenvalue weighted by Crippen LogP contribution is -2.49. The van der Waals surface area contributed by atoms with E-state index in [1.807, 2.05) is 0 Å². The summed E-state index contributed by atoms with van der Waals surface area (Å²) in [6, 6.07) is 0.322. The van der Waals surface area contributed by atoms with Gasteiger partial charge in [0.25, 0.3) is 0 Å². The zero-order valence-corrected chi connectivity index (χ0v) is 10.2. The van der Waals surface area contributed by atoms with Crippen LogP contribution < -0.4 is 5.73 Å². The number of nitrogens with zero attached hydrogens (tertiary/aromatic N) is 1. The van der Waals surface area contributed by atoms with Crippen LogP contribution in [0.5, 0.6) is 0 Å². The first-order valence-corrected chi connectivity index (χ1v) is 6.83. The molecule has 1 amide bonds. The molecule has 2 aliphatic rings. The van der Waals surface area contributed by atoms with Crippen molar-refractivity contribution in [2.75, 3.05) is 13.1 Å². The van der Waals surface area contributed by atoms with Crippen LogP contribution in [0.2, 0.25) is 0 Å². The summed E-state index contributed by atoms with van der Waals surface area (Å²) in [5, 5.41) is 0. The quantitative estimate of drug-likeness (QED) is 0.778. The highest BCUT2D eigenvalue weighted by atomic mass is 16.2. The Kier molecular flexibility index (Phi) is 4.22. The van der Waals surface area contributed by atoms with Gasteiger partial charge in [-0.05, 0) is 32.1 Å². The van der Waals surface area contributed by atoms with E-state index >= 15 is 0 Å². The summed E-state index contributed by atoms with van der Waals surface area (Å²) in [6.07, 6.45) is 9.48. The maximum Gasteiger partial charge on any atom is 0.225 e. The van der Waals surface area contributed by atoms with Crippen LogP contribution in [0.1, 0.15) is 51.4 Å². The summed E-state index contributed by atoms with van der Waals surface area (Å²) in [4.78, 5) is 14.5. The van der Waals surface area contributed by atoms with Crippen LogP contribution in [0.3, 0.4) is 0 Å². The van der Waals surface area contributed by atoms with E-state index < -0.39 is 0 Å². The normalized spacial score (nSPS) is 28.1. The fraction of sp³-hybridized carbons (Fsp3) is 0.923. The van der Waals surface area contributed by atoms with E-state index in [1.54, 1.807) is 0 Å². The Balaban J connectivity index is 1.95. The zero-order valence-electron chi connectivity index (χ0n) is 10.2. The molecule has 2 N–H and O–H groups in total. The minimum Gasteiger partial charge on any atom is -0.338 e. The fourth-order valence-corrected chi connectivity index (χ4v) is 3.12. The topological polar surface area (TPSA) is 46.3 Å². The van der Waals surface area contributed by atoms with Crippen molar-refractivity contribution in [1.82, 2.24) is 4.90 Å². The van der Waals surface area contributed by atoms with Gasteiger partial charge < -0.3 is 10.6 Å². The van der Waals surface area contributed by atoms with Crippen molar-refractivity contribution in [1.29, 1.82) is 0 Å². The fourth-order valence-electron chi connectivity index (χ4n) is 3.12.